The summed E-state index contributed by atoms with van der Waals surface area (Å²) in [6.07, 6.45) is 11.7. The molecule has 4 rings (SSSR count). The number of rotatable bonds is 2. The number of aryl methyl sites for hydroxylation is 2. The van der Waals surface area contributed by atoms with E-state index in [0.717, 1.165) is 19.4 Å². The molecule has 5 heteroatoms. The van der Waals surface area contributed by atoms with Crippen LogP contribution in [-0.2, 0) is 19.9 Å². The average molecular weight is 269 g/mol. The molecule has 3 heterocycles. The molecule has 0 saturated carbocycles. The van der Waals surface area contributed by atoms with Gasteiger partial charge in [-0.1, -0.05) is 0 Å². The van der Waals surface area contributed by atoms with Gasteiger partial charge in [0.05, 0.1) is 12.2 Å². The third kappa shape index (κ3) is 1.80. The molecule has 0 unspecified atom stereocenters. The zero-order valence-corrected chi connectivity index (χ0v) is 11.8. The van der Waals surface area contributed by atoms with E-state index in [9.17, 15) is 0 Å². The van der Waals surface area contributed by atoms with Crippen molar-refractivity contribution in [3.63, 3.8) is 0 Å². The molecular weight excluding hydrogens is 250 g/mol. The Bertz CT molecular complexity index is 633. The van der Waals surface area contributed by atoms with E-state index in [1.54, 1.807) is 6.33 Å². The fourth-order valence-corrected chi connectivity index (χ4v) is 3.57. The van der Waals surface area contributed by atoms with E-state index >= 15 is 0 Å². The summed E-state index contributed by atoms with van der Waals surface area (Å²) in [6.45, 7) is 1.09. The molecule has 2 aromatic rings. The Balaban J connectivity index is 1.72. The minimum Gasteiger partial charge on any atom is -0.349 e. The largest absolute Gasteiger partial charge is 0.349 e. The number of hydrogen-bond donors (Lipinski definition) is 0. The van der Waals surface area contributed by atoms with E-state index in [0.29, 0.717) is 6.04 Å². The first-order chi connectivity index (χ1) is 9.83. The molecule has 1 aliphatic carbocycles. The molecular formula is C15H19N5. The predicted molar refractivity (Wildman–Crippen MR) is 76.6 cm³/mol. The lowest BCUT2D eigenvalue weighted by Gasteiger charge is -2.26. The van der Waals surface area contributed by atoms with Gasteiger partial charge in [-0.15, -0.1) is 0 Å². The van der Waals surface area contributed by atoms with Crippen LogP contribution in [0.3, 0.4) is 0 Å². The molecule has 1 saturated heterocycles. The van der Waals surface area contributed by atoms with Crippen LogP contribution in [0.25, 0.3) is 0 Å². The molecule has 0 amide bonds. The van der Waals surface area contributed by atoms with Crippen molar-refractivity contribution in [1.82, 2.24) is 19.7 Å². The summed E-state index contributed by atoms with van der Waals surface area (Å²) in [5.41, 5.74) is 3.94. The summed E-state index contributed by atoms with van der Waals surface area (Å²) in [4.78, 5) is 11.5. The second-order valence-corrected chi connectivity index (χ2v) is 5.77. The first kappa shape index (κ1) is 11.9. The zero-order chi connectivity index (χ0) is 13.5. The number of anilines is 1. The van der Waals surface area contributed by atoms with Gasteiger partial charge in [0.1, 0.15) is 12.1 Å². The van der Waals surface area contributed by atoms with Crippen LogP contribution in [0.15, 0.2) is 18.7 Å². The van der Waals surface area contributed by atoms with E-state index in [1.807, 2.05) is 17.9 Å². The SMILES string of the molecule is Cn1cc([C@@H]2CCCN2c2ncnc3c2CCC3)cn1. The lowest BCUT2D eigenvalue weighted by Crippen LogP contribution is -2.24. The molecule has 0 bridgehead atoms. The van der Waals surface area contributed by atoms with Crippen LogP contribution >= 0.6 is 0 Å². The van der Waals surface area contributed by atoms with Crippen LogP contribution in [0.2, 0.25) is 0 Å². The van der Waals surface area contributed by atoms with Crippen molar-refractivity contribution in [2.24, 2.45) is 7.05 Å². The number of nitrogens with zero attached hydrogens (tertiary/aromatic N) is 5. The summed E-state index contributed by atoms with van der Waals surface area (Å²) in [7, 11) is 1.98. The van der Waals surface area contributed by atoms with Gasteiger partial charge in [0.15, 0.2) is 0 Å². The highest BCUT2D eigenvalue weighted by Crippen LogP contribution is 2.38. The molecule has 104 valence electrons. The van der Waals surface area contributed by atoms with Crippen molar-refractivity contribution in [2.75, 3.05) is 11.4 Å². The Morgan fingerprint density at radius 1 is 1.20 bits per heavy atom. The molecule has 2 aliphatic rings. The van der Waals surface area contributed by atoms with Gasteiger partial charge in [0.2, 0.25) is 0 Å². The van der Waals surface area contributed by atoms with E-state index < -0.39 is 0 Å². The van der Waals surface area contributed by atoms with Crippen molar-refractivity contribution < 1.29 is 0 Å². The topological polar surface area (TPSA) is 46.8 Å². The van der Waals surface area contributed by atoms with Gasteiger partial charge in [0.25, 0.3) is 0 Å². The third-order valence-electron chi connectivity index (χ3n) is 4.49. The van der Waals surface area contributed by atoms with E-state index in [-0.39, 0.29) is 0 Å². The highest BCUT2D eigenvalue weighted by atomic mass is 15.3. The first-order valence-corrected chi connectivity index (χ1v) is 7.41. The summed E-state index contributed by atoms with van der Waals surface area (Å²) < 4.78 is 1.89. The molecule has 1 aliphatic heterocycles. The van der Waals surface area contributed by atoms with Crippen molar-refractivity contribution in [3.8, 4) is 0 Å². The smallest absolute Gasteiger partial charge is 0.135 e. The number of fused-ring (bicyclic) bond motifs is 1. The Kier molecular flexibility index (Phi) is 2.72. The van der Waals surface area contributed by atoms with Gasteiger partial charge in [-0.05, 0) is 32.1 Å². The highest BCUT2D eigenvalue weighted by molar-refractivity contribution is 5.53. The molecule has 1 atom stereocenters. The second kappa shape index (κ2) is 4.58. The van der Waals surface area contributed by atoms with Gasteiger partial charge in [-0.2, -0.15) is 5.10 Å². The second-order valence-electron chi connectivity index (χ2n) is 5.77. The maximum Gasteiger partial charge on any atom is 0.135 e. The van der Waals surface area contributed by atoms with Crippen molar-refractivity contribution in [2.45, 2.75) is 38.1 Å². The molecule has 2 aromatic heterocycles. The normalized spacial score (nSPS) is 21.4. The van der Waals surface area contributed by atoms with Gasteiger partial charge >= 0.3 is 0 Å². The molecule has 5 nitrogen and oxygen atoms in total. The molecule has 0 spiro atoms. The Hall–Kier alpha value is -1.91. The van der Waals surface area contributed by atoms with Crippen LogP contribution in [0, 0.1) is 0 Å². The predicted octanol–water partition coefficient (Wildman–Crippen LogP) is 2.04. The van der Waals surface area contributed by atoms with E-state index in [1.165, 1.54) is 41.9 Å². The van der Waals surface area contributed by atoms with Crippen LogP contribution in [0.1, 0.15) is 42.1 Å². The summed E-state index contributed by atoms with van der Waals surface area (Å²) in [5, 5.41) is 4.32. The first-order valence-electron chi connectivity index (χ1n) is 7.41. The molecule has 0 aromatic carbocycles. The summed E-state index contributed by atoms with van der Waals surface area (Å²) in [6, 6.07) is 0.420. The quantitative estimate of drug-likeness (QED) is 0.837. The average Bonchev–Trinajstić information content (AvgIpc) is 3.17. The van der Waals surface area contributed by atoms with Gasteiger partial charge in [0, 0.05) is 36.6 Å². The van der Waals surface area contributed by atoms with Gasteiger partial charge in [-0.25, -0.2) is 9.97 Å². The Morgan fingerprint density at radius 3 is 3.00 bits per heavy atom. The highest BCUT2D eigenvalue weighted by Gasteiger charge is 2.31. The van der Waals surface area contributed by atoms with Crippen molar-refractivity contribution in [1.29, 1.82) is 0 Å². The molecule has 1 fully saturated rings. The minimum absolute atomic E-state index is 0.420. The van der Waals surface area contributed by atoms with Crippen LogP contribution in [0.5, 0.6) is 0 Å². The lowest BCUT2D eigenvalue weighted by molar-refractivity contribution is 0.703. The number of hydrogen-bond acceptors (Lipinski definition) is 4. The summed E-state index contributed by atoms with van der Waals surface area (Å²) >= 11 is 0. The van der Waals surface area contributed by atoms with Crippen LogP contribution in [0.4, 0.5) is 5.82 Å². The van der Waals surface area contributed by atoms with Crippen LogP contribution in [-0.4, -0.2) is 26.3 Å². The zero-order valence-electron chi connectivity index (χ0n) is 11.8. The Labute approximate surface area is 118 Å². The maximum absolute atomic E-state index is 4.60. The summed E-state index contributed by atoms with van der Waals surface area (Å²) in [5.74, 6) is 1.17. The van der Waals surface area contributed by atoms with Crippen molar-refractivity contribution in [3.05, 3.63) is 35.5 Å². The van der Waals surface area contributed by atoms with E-state index in [2.05, 4.69) is 26.2 Å². The monoisotopic (exact) mass is 269 g/mol. The fourth-order valence-electron chi connectivity index (χ4n) is 3.57. The van der Waals surface area contributed by atoms with Crippen molar-refractivity contribution >= 4 is 5.82 Å². The number of aromatic nitrogens is 4. The molecule has 0 N–H and O–H groups in total. The molecule has 0 radical (unpaired) electrons. The maximum atomic E-state index is 4.60. The van der Waals surface area contributed by atoms with Gasteiger partial charge in [-0.3, -0.25) is 4.68 Å². The van der Waals surface area contributed by atoms with Crippen LogP contribution < -0.4 is 4.90 Å². The third-order valence-corrected chi connectivity index (χ3v) is 4.49. The standard InChI is InChI=1S/C15H19N5/c1-19-9-11(8-18-19)14-6-3-7-20(14)15-12-4-2-5-13(12)16-10-17-15/h8-10,14H,2-7H2,1H3/t14-/m0/s1. The lowest BCUT2D eigenvalue weighted by atomic mass is 10.1. The van der Waals surface area contributed by atoms with E-state index in [4.69, 9.17) is 0 Å². The molecule has 20 heavy (non-hydrogen) atoms. The van der Waals surface area contributed by atoms with Gasteiger partial charge < -0.3 is 4.90 Å². The fraction of sp³-hybridized carbons (Fsp3) is 0.533. The minimum atomic E-state index is 0.420. The Morgan fingerprint density at radius 2 is 2.15 bits per heavy atom.